The van der Waals surface area contributed by atoms with E-state index in [1.54, 1.807) is 0 Å². The van der Waals surface area contributed by atoms with E-state index in [2.05, 4.69) is 11.7 Å². The number of carbonyl (C=O) groups is 10. The van der Waals surface area contributed by atoms with Gasteiger partial charge < -0.3 is 95.1 Å². The Kier molecular flexibility index (Phi) is 59.4. The molecule has 30 heteroatoms. The van der Waals surface area contributed by atoms with Gasteiger partial charge in [0.05, 0.1) is 126 Å². The summed E-state index contributed by atoms with van der Waals surface area (Å²) >= 11 is 0. The molecular formula is C60H102O30. The quantitative estimate of drug-likeness (QED) is 0.0336. The smallest absolute Gasteiger partial charge is 0.450 e. The van der Waals surface area contributed by atoms with Gasteiger partial charge in [-0.3, -0.25) is 0 Å². The van der Waals surface area contributed by atoms with Crippen molar-refractivity contribution in [3.8, 4) is 0 Å². The monoisotopic (exact) mass is 1300 g/mol. The Morgan fingerprint density at radius 2 is 0.267 bits per heavy atom. The van der Waals surface area contributed by atoms with Crippen molar-refractivity contribution >= 4 is 61.6 Å². The van der Waals surface area contributed by atoms with Crippen molar-refractivity contribution in [2.75, 3.05) is 126 Å². The molecule has 0 saturated carbocycles. The molecule has 0 aliphatic heterocycles. The summed E-state index contributed by atoms with van der Waals surface area (Å²) < 4.78 is 94.7. The summed E-state index contributed by atoms with van der Waals surface area (Å²) in [6, 6.07) is 0. The van der Waals surface area contributed by atoms with Crippen LogP contribution in [0.4, 0.5) is 47.9 Å². The highest BCUT2D eigenvalue weighted by atomic mass is 16.8. The highest BCUT2D eigenvalue weighted by Crippen LogP contribution is 2.08. The lowest BCUT2D eigenvalue weighted by atomic mass is 10.2. The van der Waals surface area contributed by atoms with Crippen molar-refractivity contribution in [3.63, 3.8) is 0 Å². The largest absolute Gasteiger partial charge is 0.508 e. The zero-order valence-electron chi connectivity index (χ0n) is 52.9. The normalized spacial score (nSPS) is 10.5. The van der Waals surface area contributed by atoms with E-state index in [0.29, 0.717) is 180 Å². The Balaban J connectivity index is 3.46. The van der Waals surface area contributed by atoms with Gasteiger partial charge >= 0.3 is 61.6 Å². The minimum Gasteiger partial charge on any atom is -0.450 e. The third kappa shape index (κ3) is 65.2. The molecule has 0 atom stereocenters. The van der Waals surface area contributed by atoms with E-state index in [1.807, 2.05) is 0 Å². The summed E-state index contributed by atoms with van der Waals surface area (Å²) in [6.45, 7) is 5.25. The maximum absolute atomic E-state index is 11.8. The van der Waals surface area contributed by atoms with Crippen LogP contribution in [0.2, 0.25) is 0 Å². The number of rotatable bonds is 58. The predicted octanol–water partition coefficient (Wildman–Crippen LogP) is 13.8. The van der Waals surface area contributed by atoms with Gasteiger partial charge in [0.25, 0.3) is 0 Å². The first-order valence-electron chi connectivity index (χ1n) is 31.8. The van der Waals surface area contributed by atoms with Crippen LogP contribution in [0, 0.1) is 0 Å². The van der Waals surface area contributed by atoms with Crippen LogP contribution in [0.3, 0.4) is 0 Å². The fourth-order valence-corrected chi connectivity index (χ4v) is 7.11. The molecule has 0 amide bonds. The van der Waals surface area contributed by atoms with Crippen molar-refractivity contribution in [1.29, 1.82) is 0 Å². The fourth-order valence-electron chi connectivity index (χ4n) is 7.11. The average Bonchev–Trinajstić information content (AvgIpc) is 3.53. The van der Waals surface area contributed by atoms with Crippen LogP contribution in [0.15, 0.2) is 0 Å². The second-order valence-corrected chi connectivity index (χ2v) is 19.9. The van der Waals surface area contributed by atoms with Gasteiger partial charge in [0.1, 0.15) is 0 Å². The lowest BCUT2D eigenvalue weighted by Crippen LogP contribution is -2.12. The van der Waals surface area contributed by atoms with Gasteiger partial charge in [0.15, 0.2) is 0 Å². The van der Waals surface area contributed by atoms with Gasteiger partial charge in [0.2, 0.25) is 0 Å². The van der Waals surface area contributed by atoms with Crippen molar-refractivity contribution < 1.29 is 143 Å². The summed E-state index contributed by atoms with van der Waals surface area (Å²) in [5, 5.41) is 8.38. The zero-order valence-corrected chi connectivity index (χ0v) is 52.9. The molecule has 0 radical (unpaired) electrons. The van der Waals surface area contributed by atoms with E-state index in [4.69, 9.17) is 90.4 Å². The minimum absolute atomic E-state index is 0.0950. The number of hydrogen-bond acceptors (Lipinski definition) is 29. The van der Waals surface area contributed by atoms with Gasteiger partial charge in [-0.25, -0.2) is 47.9 Å². The van der Waals surface area contributed by atoms with Crippen LogP contribution in [0.25, 0.3) is 0 Å². The Hall–Kier alpha value is -7.30. The first kappa shape index (κ1) is 82.7. The molecule has 0 saturated heterocycles. The molecule has 522 valence electrons. The second-order valence-electron chi connectivity index (χ2n) is 19.9. The van der Waals surface area contributed by atoms with E-state index in [9.17, 15) is 47.9 Å². The first-order chi connectivity index (χ1) is 43.8. The summed E-state index contributed by atoms with van der Waals surface area (Å²) in [4.78, 5) is 116. The predicted molar refractivity (Wildman–Crippen MR) is 314 cm³/mol. The van der Waals surface area contributed by atoms with Gasteiger partial charge in [-0.2, -0.15) is 0 Å². The molecular weight excluding hydrogens is 1200 g/mol. The Morgan fingerprint density at radius 3 is 0.367 bits per heavy atom. The third-order valence-electron chi connectivity index (χ3n) is 12.0. The molecule has 0 aromatic rings. The molecule has 0 heterocycles. The number of carboxylic acid groups (broad SMARTS) is 1. The van der Waals surface area contributed by atoms with Crippen molar-refractivity contribution in [3.05, 3.63) is 0 Å². The van der Waals surface area contributed by atoms with Gasteiger partial charge in [-0.05, 0) is 180 Å². The molecule has 0 aliphatic rings. The number of carbonyl (C=O) groups excluding carboxylic acids is 9. The van der Waals surface area contributed by atoms with Crippen molar-refractivity contribution in [2.24, 2.45) is 0 Å². The summed E-state index contributed by atoms with van der Waals surface area (Å²) in [7, 11) is 0. The Labute approximate surface area is 528 Å². The van der Waals surface area contributed by atoms with Crippen molar-refractivity contribution in [2.45, 2.75) is 200 Å². The number of unbranched alkanes of at least 4 members (excludes halogenated alkanes) is 20. The van der Waals surface area contributed by atoms with Crippen LogP contribution in [0.1, 0.15) is 200 Å². The Morgan fingerprint density at radius 1 is 0.167 bits per heavy atom. The lowest BCUT2D eigenvalue weighted by molar-refractivity contribution is 0.0442. The van der Waals surface area contributed by atoms with E-state index >= 15 is 0 Å². The maximum Gasteiger partial charge on any atom is 0.508 e. The summed E-state index contributed by atoms with van der Waals surface area (Å²) in [5.41, 5.74) is 0. The SMILES string of the molecule is CCCCCOC(=O)OCCCCCOC(=O)OCCCCCOC(=O)OCCCCCOC(=O)OCCCCCOC(=O)OCCCCCOC(=O)OCCCCCOC(=O)OCCCCCOC(=O)OCCCCCOC(=O)OCCCCCOC(=O)O. The third-order valence-corrected chi connectivity index (χ3v) is 12.0. The first-order valence-corrected chi connectivity index (χ1v) is 31.8. The molecule has 0 bridgehead atoms. The molecule has 90 heavy (non-hydrogen) atoms. The average molecular weight is 1300 g/mol. The standard InChI is InChI=1S/C60H102O30/c1-2-3-13-33-73-52(63)74-35-16-5-17-37-77-54(65)78-39-20-7-21-41-81-56(67)82-43-24-9-25-45-85-58(69)86-47-28-11-29-49-89-60(71)90-50-31-12-30-48-88-59(70)87-46-27-10-26-44-84-57(68)83-42-23-8-22-40-80-55(66)79-38-19-6-18-36-76-53(64)75-34-15-4-14-32-72-51(61)62/h2-50H2,1H3,(H,61,62). The van der Waals surface area contributed by atoms with Gasteiger partial charge in [-0.1, -0.05) is 19.8 Å². The fraction of sp³-hybridized carbons (Fsp3) is 0.833. The van der Waals surface area contributed by atoms with Crippen LogP contribution in [-0.2, 0) is 90.0 Å². The van der Waals surface area contributed by atoms with E-state index < -0.39 is 61.6 Å². The molecule has 0 spiro atoms. The summed E-state index contributed by atoms with van der Waals surface area (Å²) in [6.07, 6.45) is 10.6. The van der Waals surface area contributed by atoms with Crippen LogP contribution in [-0.4, -0.2) is 192 Å². The van der Waals surface area contributed by atoms with Gasteiger partial charge in [-0.15, -0.1) is 0 Å². The molecule has 0 aromatic carbocycles. The number of ether oxygens (including phenoxy) is 19. The molecule has 1 N–H and O–H groups in total. The molecule has 0 aliphatic carbocycles. The molecule has 0 fully saturated rings. The number of hydrogen-bond donors (Lipinski definition) is 1. The topological polar surface area (TPSA) is 366 Å². The second kappa shape index (κ2) is 64.7. The molecule has 30 nitrogen and oxygen atoms in total. The van der Waals surface area contributed by atoms with Gasteiger partial charge in [0, 0.05) is 0 Å². The molecule has 0 aromatic heterocycles. The maximum atomic E-state index is 11.8. The van der Waals surface area contributed by atoms with E-state index in [1.165, 1.54) is 0 Å². The highest BCUT2D eigenvalue weighted by molar-refractivity contribution is 5.62. The zero-order chi connectivity index (χ0) is 65.9. The van der Waals surface area contributed by atoms with Crippen LogP contribution in [0.5, 0.6) is 0 Å². The van der Waals surface area contributed by atoms with Crippen molar-refractivity contribution in [1.82, 2.24) is 0 Å². The molecule has 0 unspecified atom stereocenters. The highest BCUT2D eigenvalue weighted by Gasteiger charge is 2.12. The Bertz CT molecular complexity index is 1830. The van der Waals surface area contributed by atoms with Crippen LogP contribution >= 0.6 is 0 Å². The van der Waals surface area contributed by atoms with Crippen LogP contribution < -0.4 is 0 Å². The molecule has 0 rings (SSSR count). The lowest BCUT2D eigenvalue weighted by Gasteiger charge is -2.08. The minimum atomic E-state index is -1.32. The van der Waals surface area contributed by atoms with E-state index in [-0.39, 0.29) is 119 Å². The summed E-state index contributed by atoms with van der Waals surface area (Å²) in [5.74, 6) is 0. The van der Waals surface area contributed by atoms with E-state index in [0.717, 1.165) is 19.3 Å².